The molecule has 7 heteroatoms. The Morgan fingerprint density at radius 3 is 2.67 bits per heavy atom. The van der Waals surface area contributed by atoms with Crippen LogP contribution in [0.5, 0.6) is 0 Å². The lowest BCUT2D eigenvalue weighted by molar-refractivity contribution is 0.0959. The third kappa shape index (κ3) is 5.51. The van der Waals surface area contributed by atoms with E-state index in [1.165, 1.54) is 6.07 Å². The third-order valence-corrected chi connectivity index (χ3v) is 3.60. The highest BCUT2D eigenvalue weighted by atomic mass is 35.5. The summed E-state index contributed by atoms with van der Waals surface area (Å²) in [6.45, 7) is 3.99. The van der Waals surface area contributed by atoms with E-state index in [1.807, 2.05) is 32.0 Å². The Hall–Kier alpha value is -2.11. The number of amides is 1. The molecular weight excluding hydrogens is 349 g/mol. The average Bonchev–Trinajstić information content (AvgIpc) is 2.55. The first-order valence-corrected chi connectivity index (χ1v) is 8.08. The van der Waals surface area contributed by atoms with Crippen LogP contribution in [0.25, 0.3) is 0 Å². The lowest BCUT2D eigenvalue weighted by Gasteiger charge is -2.13. The zero-order valence-electron chi connectivity index (χ0n) is 13.3. The Balaban J connectivity index is 2.12. The predicted octanol–water partition coefficient (Wildman–Crippen LogP) is 4.10. The van der Waals surface area contributed by atoms with Crippen molar-refractivity contribution in [3.05, 3.63) is 63.9 Å². The van der Waals surface area contributed by atoms with Crippen LogP contribution in [0, 0.1) is 0 Å². The molecule has 24 heavy (non-hydrogen) atoms. The van der Waals surface area contributed by atoms with Crippen LogP contribution in [0.2, 0.25) is 10.0 Å². The van der Waals surface area contributed by atoms with E-state index in [4.69, 9.17) is 27.9 Å². The number of benzene rings is 1. The number of ether oxygens (including phenoxy) is 1. The summed E-state index contributed by atoms with van der Waals surface area (Å²) in [7, 11) is 0. The minimum absolute atomic E-state index is 0.131. The highest BCUT2D eigenvalue weighted by molar-refractivity contribution is 6.42. The quantitative estimate of drug-likeness (QED) is 0.655. The lowest BCUT2D eigenvalue weighted by Crippen LogP contribution is -2.34. The van der Waals surface area contributed by atoms with Gasteiger partial charge in [0.2, 0.25) is 0 Å². The fourth-order valence-corrected chi connectivity index (χ4v) is 2.08. The maximum atomic E-state index is 12.3. The standard InChI is InChI=1S/C17H17Cl2N3O2/c1-11(2)24-17(21-10-13-5-3-4-8-20-13)22-16(23)12-6-7-14(18)15(19)9-12/h3-9,11H,10H2,1-2H3,(H,21,22,23). The number of halogens is 2. The first-order valence-electron chi connectivity index (χ1n) is 7.33. The largest absolute Gasteiger partial charge is 0.462 e. The van der Waals surface area contributed by atoms with Crippen LogP contribution in [0.3, 0.4) is 0 Å². The van der Waals surface area contributed by atoms with Gasteiger partial charge in [0.25, 0.3) is 11.9 Å². The monoisotopic (exact) mass is 365 g/mol. The summed E-state index contributed by atoms with van der Waals surface area (Å²) in [4.78, 5) is 20.8. The van der Waals surface area contributed by atoms with Crippen LogP contribution in [0.4, 0.5) is 0 Å². The van der Waals surface area contributed by atoms with E-state index in [1.54, 1.807) is 18.3 Å². The molecule has 0 aliphatic carbocycles. The van der Waals surface area contributed by atoms with Gasteiger partial charge >= 0.3 is 0 Å². The van der Waals surface area contributed by atoms with E-state index in [0.29, 0.717) is 22.2 Å². The number of amidine groups is 1. The molecule has 0 saturated carbocycles. The summed E-state index contributed by atoms with van der Waals surface area (Å²) >= 11 is 11.8. The molecule has 1 aromatic heterocycles. The number of hydrogen-bond donors (Lipinski definition) is 1. The molecule has 5 nitrogen and oxygen atoms in total. The van der Waals surface area contributed by atoms with Gasteiger partial charge in [-0.1, -0.05) is 29.3 Å². The second-order valence-corrected chi connectivity index (χ2v) is 6.01. The van der Waals surface area contributed by atoms with E-state index >= 15 is 0 Å². The number of aliphatic imine (C=N–C) groups is 1. The number of nitrogens with one attached hydrogen (secondary N) is 1. The van der Waals surface area contributed by atoms with Crippen molar-refractivity contribution >= 4 is 35.1 Å². The van der Waals surface area contributed by atoms with Crippen molar-refractivity contribution in [1.82, 2.24) is 10.3 Å². The van der Waals surface area contributed by atoms with Crippen LogP contribution in [0.1, 0.15) is 29.9 Å². The topological polar surface area (TPSA) is 63.6 Å². The van der Waals surface area contributed by atoms with Crippen molar-refractivity contribution in [3.8, 4) is 0 Å². The van der Waals surface area contributed by atoms with Crippen molar-refractivity contribution in [3.63, 3.8) is 0 Å². The van der Waals surface area contributed by atoms with Crippen molar-refractivity contribution in [1.29, 1.82) is 0 Å². The Morgan fingerprint density at radius 1 is 1.25 bits per heavy atom. The first-order chi connectivity index (χ1) is 11.5. The highest BCUT2D eigenvalue weighted by Crippen LogP contribution is 2.22. The van der Waals surface area contributed by atoms with E-state index in [-0.39, 0.29) is 18.0 Å². The summed E-state index contributed by atoms with van der Waals surface area (Å²) in [6, 6.07) is 10.3. The fraction of sp³-hybridized carbons (Fsp3) is 0.235. The number of carbonyl (C=O) groups excluding carboxylic acids is 1. The van der Waals surface area contributed by atoms with Gasteiger partial charge in [0.1, 0.15) is 0 Å². The Kier molecular flexibility index (Phi) is 6.58. The van der Waals surface area contributed by atoms with Gasteiger partial charge in [-0.05, 0) is 44.2 Å². The molecule has 0 saturated heterocycles. The van der Waals surface area contributed by atoms with Crippen LogP contribution in [-0.2, 0) is 11.3 Å². The normalized spacial score (nSPS) is 11.5. The Morgan fingerprint density at radius 2 is 2.04 bits per heavy atom. The molecule has 0 aliphatic rings. The SMILES string of the molecule is CC(C)OC(=NCc1ccccn1)NC(=O)c1ccc(Cl)c(Cl)c1. The molecule has 0 unspecified atom stereocenters. The fourth-order valence-electron chi connectivity index (χ4n) is 1.78. The minimum Gasteiger partial charge on any atom is -0.462 e. The molecule has 1 amide bonds. The summed E-state index contributed by atoms with van der Waals surface area (Å²) in [5.41, 5.74) is 1.13. The molecule has 0 atom stereocenters. The van der Waals surface area contributed by atoms with Crippen molar-refractivity contribution in [2.45, 2.75) is 26.5 Å². The molecule has 1 N–H and O–H groups in total. The highest BCUT2D eigenvalue weighted by Gasteiger charge is 2.13. The maximum Gasteiger partial charge on any atom is 0.292 e. The van der Waals surface area contributed by atoms with Gasteiger partial charge in [-0.3, -0.25) is 15.1 Å². The molecule has 0 spiro atoms. The van der Waals surface area contributed by atoms with Crippen molar-refractivity contribution in [2.75, 3.05) is 0 Å². The molecule has 126 valence electrons. The van der Waals surface area contributed by atoms with Crippen LogP contribution in [-0.4, -0.2) is 23.0 Å². The number of nitrogens with zero attached hydrogens (tertiary/aromatic N) is 2. The number of rotatable bonds is 4. The Bertz CT molecular complexity index is 734. The van der Waals surface area contributed by atoms with Gasteiger partial charge < -0.3 is 4.74 Å². The van der Waals surface area contributed by atoms with Crippen molar-refractivity contribution < 1.29 is 9.53 Å². The second-order valence-electron chi connectivity index (χ2n) is 5.19. The van der Waals surface area contributed by atoms with Gasteiger partial charge in [-0.15, -0.1) is 0 Å². The summed E-state index contributed by atoms with van der Waals surface area (Å²) in [5.74, 6) is -0.381. The third-order valence-electron chi connectivity index (χ3n) is 2.86. The molecule has 0 bridgehead atoms. The number of pyridine rings is 1. The number of hydrogen-bond acceptors (Lipinski definition) is 4. The number of carbonyl (C=O) groups is 1. The maximum absolute atomic E-state index is 12.3. The number of aromatic nitrogens is 1. The van der Waals surface area contributed by atoms with Crippen LogP contribution >= 0.6 is 23.2 Å². The van der Waals surface area contributed by atoms with Gasteiger partial charge in [0.05, 0.1) is 28.4 Å². The lowest BCUT2D eigenvalue weighted by atomic mass is 10.2. The van der Waals surface area contributed by atoms with Gasteiger partial charge in [-0.2, -0.15) is 0 Å². The summed E-state index contributed by atoms with van der Waals surface area (Å²) in [6.07, 6.45) is 1.55. The summed E-state index contributed by atoms with van der Waals surface area (Å²) in [5, 5.41) is 3.33. The minimum atomic E-state index is -0.381. The average molecular weight is 366 g/mol. The van der Waals surface area contributed by atoms with E-state index in [0.717, 1.165) is 5.69 Å². The van der Waals surface area contributed by atoms with Gasteiger partial charge in [0.15, 0.2) is 0 Å². The Labute approximate surface area is 150 Å². The molecule has 0 fully saturated rings. The van der Waals surface area contributed by atoms with Crippen molar-refractivity contribution in [2.24, 2.45) is 4.99 Å². The van der Waals surface area contributed by atoms with E-state index in [2.05, 4.69) is 15.3 Å². The second kappa shape index (κ2) is 8.66. The molecule has 1 aromatic carbocycles. The molecular formula is C17H17Cl2N3O2. The predicted molar refractivity (Wildman–Crippen MR) is 95.5 cm³/mol. The summed E-state index contributed by atoms with van der Waals surface area (Å²) < 4.78 is 5.55. The molecule has 0 radical (unpaired) electrons. The molecule has 0 aliphatic heterocycles. The zero-order valence-corrected chi connectivity index (χ0v) is 14.8. The van der Waals surface area contributed by atoms with Gasteiger partial charge in [-0.25, -0.2) is 4.99 Å². The van der Waals surface area contributed by atoms with Gasteiger partial charge in [0, 0.05) is 11.8 Å². The molecule has 2 aromatic rings. The van der Waals surface area contributed by atoms with E-state index < -0.39 is 0 Å². The smallest absolute Gasteiger partial charge is 0.292 e. The van der Waals surface area contributed by atoms with Crippen LogP contribution < -0.4 is 5.32 Å². The van der Waals surface area contributed by atoms with E-state index in [9.17, 15) is 4.79 Å². The molecule has 1 heterocycles. The van der Waals surface area contributed by atoms with Crippen LogP contribution in [0.15, 0.2) is 47.6 Å². The first kappa shape index (κ1) is 18.2. The zero-order chi connectivity index (χ0) is 17.5. The molecule has 2 rings (SSSR count).